The summed E-state index contributed by atoms with van der Waals surface area (Å²) in [5, 5.41) is 9.23. The van der Waals surface area contributed by atoms with Gasteiger partial charge in [0.15, 0.2) is 0 Å². The lowest BCUT2D eigenvalue weighted by Crippen LogP contribution is -2.07. The monoisotopic (exact) mass is 192 g/mol. The second-order valence-electron chi connectivity index (χ2n) is 3.96. The minimum atomic E-state index is 0.272. The average Bonchev–Trinajstić information content (AvgIpc) is 2.67. The maximum atomic E-state index is 9.23. The lowest BCUT2D eigenvalue weighted by molar-refractivity contribution is 0.251. The zero-order valence-electron chi connectivity index (χ0n) is 8.28. The normalized spacial score (nSPS) is 17.1. The second kappa shape index (κ2) is 4.36. The summed E-state index contributed by atoms with van der Waals surface area (Å²) < 4.78 is 5.61. The van der Waals surface area contributed by atoms with Gasteiger partial charge in [0.05, 0.1) is 6.61 Å². The highest BCUT2D eigenvalue weighted by atomic mass is 16.5. The Labute approximate surface area is 84.5 Å². The van der Waals surface area contributed by atoms with Crippen molar-refractivity contribution in [3.05, 3.63) is 24.3 Å². The van der Waals surface area contributed by atoms with Gasteiger partial charge in [-0.2, -0.15) is 0 Å². The van der Waals surface area contributed by atoms with E-state index >= 15 is 0 Å². The predicted molar refractivity (Wildman–Crippen MR) is 55.6 cm³/mol. The molecule has 1 aromatic rings. The first-order chi connectivity index (χ1) is 6.84. The van der Waals surface area contributed by atoms with Crippen molar-refractivity contribution in [2.75, 3.05) is 6.61 Å². The van der Waals surface area contributed by atoms with Gasteiger partial charge in [-0.3, -0.25) is 0 Å². The Kier molecular flexibility index (Phi) is 2.92. The van der Waals surface area contributed by atoms with Gasteiger partial charge >= 0.3 is 0 Å². The Morgan fingerprint density at radius 3 is 2.79 bits per heavy atom. The Morgan fingerprint density at radius 2 is 2.07 bits per heavy atom. The minimum absolute atomic E-state index is 0.272. The van der Waals surface area contributed by atoms with Crippen molar-refractivity contribution in [1.29, 1.82) is 0 Å². The van der Waals surface area contributed by atoms with Crippen LogP contribution in [0.15, 0.2) is 24.3 Å². The summed E-state index contributed by atoms with van der Waals surface area (Å²) in [5.41, 5.74) is 0. The maximum absolute atomic E-state index is 9.23. The molecule has 0 saturated heterocycles. The van der Waals surface area contributed by atoms with Crippen LogP contribution >= 0.6 is 0 Å². The third kappa shape index (κ3) is 2.41. The molecule has 0 spiro atoms. The van der Waals surface area contributed by atoms with Crippen molar-refractivity contribution in [3.63, 3.8) is 0 Å². The van der Waals surface area contributed by atoms with Crippen LogP contribution < -0.4 is 4.74 Å². The molecular formula is C12H16O2. The van der Waals surface area contributed by atoms with E-state index in [0.717, 1.165) is 18.3 Å². The van der Waals surface area contributed by atoms with E-state index in [1.807, 2.05) is 6.07 Å². The van der Waals surface area contributed by atoms with Gasteiger partial charge in [-0.05, 0) is 30.9 Å². The van der Waals surface area contributed by atoms with Gasteiger partial charge in [0.1, 0.15) is 11.5 Å². The summed E-state index contributed by atoms with van der Waals surface area (Å²) >= 11 is 0. The third-order valence-corrected chi connectivity index (χ3v) is 2.78. The van der Waals surface area contributed by atoms with Crippen molar-refractivity contribution >= 4 is 0 Å². The standard InChI is InChI=1S/C12H16O2/c13-11-6-3-7-12(8-11)14-9-10-4-1-2-5-10/h3,6-8,10,13H,1-2,4-5,9H2. The van der Waals surface area contributed by atoms with Crippen molar-refractivity contribution in [1.82, 2.24) is 0 Å². The number of ether oxygens (including phenoxy) is 1. The van der Waals surface area contributed by atoms with Crippen molar-refractivity contribution in [2.24, 2.45) is 5.92 Å². The van der Waals surface area contributed by atoms with Crippen molar-refractivity contribution < 1.29 is 9.84 Å². The fourth-order valence-electron chi connectivity index (χ4n) is 1.96. The van der Waals surface area contributed by atoms with E-state index in [1.54, 1.807) is 18.2 Å². The van der Waals surface area contributed by atoms with Gasteiger partial charge in [0.2, 0.25) is 0 Å². The molecule has 2 rings (SSSR count). The van der Waals surface area contributed by atoms with Crippen molar-refractivity contribution in [3.8, 4) is 11.5 Å². The van der Waals surface area contributed by atoms with Gasteiger partial charge in [-0.1, -0.05) is 18.9 Å². The van der Waals surface area contributed by atoms with Crippen LogP contribution in [0.5, 0.6) is 11.5 Å². The number of hydrogen-bond acceptors (Lipinski definition) is 2. The molecule has 0 atom stereocenters. The van der Waals surface area contributed by atoms with Gasteiger partial charge in [-0.25, -0.2) is 0 Å². The highest BCUT2D eigenvalue weighted by Gasteiger charge is 2.15. The van der Waals surface area contributed by atoms with E-state index < -0.39 is 0 Å². The number of rotatable bonds is 3. The van der Waals surface area contributed by atoms with Crippen molar-refractivity contribution in [2.45, 2.75) is 25.7 Å². The molecule has 0 bridgehead atoms. The Balaban J connectivity index is 1.85. The fourth-order valence-corrected chi connectivity index (χ4v) is 1.96. The van der Waals surface area contributed by atoms with E-state index in [-0.39, 0.29) is 5.75 Å². The van der Waals surface area contributed by atoms with E-state index in [0.29, 0.717) is 0 Å². The number of benzene rings is 1. The number of hydrogen-bond donors (Lipinski definition) is 1. The smallest absolute Gasteiger partial charge is 0.122 e. The molecule has 0 radical (unpaired) electrons. The van der Waals surface area contributed by atoms with Crippen LogP contribution in [0.4, 0.5) is 0 Å². The molecule has 1 aromatic carbocycles. The quantitative estimate of drug-likeness (QED) is 0.797. The molecule has 0 heterocycles. The van der Waals surface area contributed by atoms with Gasteiger partial charge in [-0.15, -0.1) is 0 Å². The lowest BCUT2D eigenvalue weighted by atomic mass is 10.1. The van der Waals surface area contributed by atoms with Crippen LogP contribution in [0.1, 0.15) is 25.7 Å². The summed E-state index contributed by atoms with van der Waals surface area (Å²) in [6.45, 7) is 0.795. The molecule has 1 aliphatic rings. The number of aromatic hydroxyl groups is 1. The molecule has 2 heteroatoms. The molecule has 1 N–H and O–H groups in total. The van der Waals surface area contributed by atoms with E-state index in [1.165, 1.54) is 25.7 Å². The van der Waals surface area contributed by atoms with E-state index in [2.05, 4.69) is 0 Å². The predicted octanol–water partition coefficient (Wildman–Crippen LogP) is 2.96. The van der Waals surface area contributed by atoms with Crippen LogP contribution in [0, 0.1) is 5.92 Å². The Bertz CT molecular complexity index is 290. The molecular weight excluding hydrogens is 176 g/mol. The molecule has 2 nitrogen and oxygen atoms in total. The minimum Gasteiger partial charge on any atom is -0.508 e. The van der Waals surface area contributed by atoms with E-state index in [9.17, 15) is 5.11 Å². The van der Waals surface area contributed by atoms with Crippen LogP contribution in [0.25, 0.3) is 0 Å². The molecule has 76 valence electrons. The van der Waals surface area contributed by atoms with Crippen LogP contribution in [-0.4, -0.2) is 11.7 Å². The van der Waals surface area contributed by atoms with Crippen LogP contribution in [0.3, 0.4) is 0 Å². The summed E-state index contributed by atoms with van der Waals surface area (Å²) in [6, 6.07) is 7.01. The molecule has 1 fully saturated rings. The first-order valence-corrected chi connectivity index (χ1v) is 5.26. The summed E-state index contributed by atoms with van der Waals surface area (Å²) in [6.07, 6.45) is 5.26. The van der Waals surface area contributed by atoms with Gasteiger partial charge in [0, 0.05) is 6.07 Å². The zero-order chi connectivity index (χ0) is 9.80. The van der Waals surface area contributed by atoms with Gasteiger partial charge < -0.3 is 9.84 Å². The zero-order valence-corrected chi connectivity index (χ0v) is 8.28. The highest BCUT2D eigenvalue weighted by Crippen LogP contribution is 2.26. The molecule has 0 aromatic heterocycles. The number of phenols is 1. The Hall–Kier alpha value is -1.18. The maximum Gasteiger partial charge on any atom is 0.122 e. The molecule has 0 unspecified atom stereocenters. The molecule has 1 aliphatic carbocycles. The largest absolute Gasteiger partial charge is 0.508 e. The third-order valence-electron chi connectivity index (χ3n) is 2.78. The second-order valence-corrected chi connectivity index (χ2v) is 3.96. The first kappa shape index (κ1) is 9.38. The fraction of sp³-hybridized carbons (Fsp3) is 0.500. The average molecular weight is 192 g/mol. The van der Waals surface area contributed by atoms with Gasteiger partial charge in [0.25, 0.3) is 0 Å². The SMILES string of the molecule is Oc1cccc(OCC2CCCC2)c1. The van der Waals surface area contributed by atoms with Crippen LogP contribution in [-0.2, 0) is 0 Å². The van der Waals surface area contributed by atoms with Crippen LogP contribution in [0.2, 0.25) is 0 Å². The summed E-state index contributed by atoms with van der Waals surface area (Å²) in [5.74, 6) is 1.77. The Morgan fingerprint density at radius 1 is 1.29 bits per heavy atom. The lowest BCUT2D eigenvalue weighted by Gasteiger charge is -2.11. The molecule has 1 saturated carbocycles. The number of phenolic OH excluding ortho intramolecular Hbond substituents is 1. The summed E-state index contributed by atoms with van der Waals surface area (Å²) in [7, 11) is 0. The van der Waals surface area contributed by atoms with E-state index in [4.69, 9.17) is 4.74 Å². The molecule has 14 heavy (non-hydrogen) atoms. The molecule has 0 aliphatic heterocycles. The molecule has 0 amide bonds. The first-order valence-electron chi connectivity index (χ1n) is 5.26. The highest BCUT2D eigenvalue weighted by molar-refractivity contribution is 5.31. The topological polar surface area (TPSA) is 29.5 Å². The summed E-state index contributed by atoms with van der Waals surface area (Å²) in [4.78, 5) is 0.